The Kier molecular flexibility index (Phi) is 10.7. The summed E-state index contributed by atoms with van der Waals surface area (Å²) in [5.41, 5.74) is 3.81. The minimum absolute atomic E-state index is 0.208. The lowest BCUT2D eigenvalue weighted by Crippen LogP contribution is -2.43. The Morgan fingerprint density at radius 3 is 2.38 bits per heavy atom. The van der Waals surface area contributed by atoms with E-state index in [-0.39, 0.29) is 6.42 Å². The highest BCUT2D eigenvalue weighted by Crippen LogP contribution is 2.23. The number of nitrogens with zero attached hydrogens (tertiary/aromatic N) is 3. The van der Waals surface area contributed by atoms with Crippen LogP contribution in [0.1, 0.15) is 27.2 Å². The maximum Gasteiger partial charge on any atom is 0.490 e. The molecule has 0 radical (unpaired) electrons. The number of carbonyl (C=O) groups excluding carboxylic acids is 2. The van der Waals surface area contributed by atoms with Crippen molar-refractivity contribution >= 4 is 24.1 Å². The molecule has 0 spiro atoms. The fourth-order valence-electron chi connectivity index (χ4n) is 3.21. The number of halogens is 3. The summed E-state index contributed by atoms with van der Waals surface area (Å²) < 4.78 is 36.6. The zero-order chi connectivity index (χ0) is 29.0. The average Bonchev–Trinajstić information content (AvgIpc) is 2.92. The lowest BCUT2D eigenvalue weighted by molar-refractivity contribution is -0.192. The van der Waals surface area contributed by atoms with Crippen molar-refractivity contribution < 1.29 is 37.4 Å². The van der Waals surface area contributed by atoms with Crippen LogP contribution in [0.3, 0.4) is 0 Å². The molecule has 0 bridgehead atoms. The molecular weight excluding hydrogens is 519 g/mol. The Bertz CT molecular complexity index is 1390. The Labute approximate surface area is 220 Å². The number of carboxylic acids is 1. The Balaban J connectivity index is 0.000000673. The van der Waals surface area contributed by atoms with Crippen molar-refractivity contribution in [3.8, 4) is 17.2 Å². The van der Waals surface area contributed by atoms with Gasteiger partial charge in [0.05, 0.1) is 30.7 Å². The standard InChI is InChI=1S/C24H21N5O3.C2HF3O2/c1-32-24(31)22(13-16-10-11-27-20(12-16)15-28-26)29-23(30)18-8-6-17(7-9-18)21-5-3-2-4-19(21)14-25;3-2(4,5)1(6)7/h2-12,15,22H,13,26H2,1H3,(H,29,30);(H,6,7)/b28-15-;. The molecule has 1 atom stereocenters. The van der Waals surface area contributed by atoms with E-state index in [1.165, 1.54) is 13.3 Å². The van der Waals surface area contributed by atoms with Crippen LogP contribution in [-0.2, 0) is 20.7 Å². The van der Waals surface area contributed by atoms with E-state index in [9.17, 15) is 28.0 Å². The maximum atomic E-state index is 12.8. The molecule has 1 unspecified atom stereocenters. The van der Waals surface area contributed by atoms with Gasteiger partial charge in [0.15, 0.2) is 0 Å². The first kappa shape index (κ1) is 30.0. The number of rotatable bonds is 7. The van der Waals surface area contributed by atoms with E-state index in [4.69, 9.17) is 20.5 Å². The number of esters is 1. The maximum absolute atomic E-state index is 12.8. The number of hydrazone groups is 1. The highest BCUT2D eigenvalue weighted by molar-refractivity contribution is 5.97. The van der Waals surface area contributed by atoms with Crippen LogP contribution in [0.5, 0.6) is 0 Å². The molecule has 0 aliphatic rings. The van der Waals surface area contributed by atoms with E-state index in [1.807, 2.05) is 12.1 Å². The highest BCUT2D eigenvalue weighted by atomic mass is 19.4. The third-order valence-electron chi connectivity index (χ3n) is 5.03. The zero-order valence-corrected chi connectivity index (χ0v) is 20.3. The molecule has 0 saturated heterocycles. The van der Waals surface area contributed by atoms with Crippen molar-refractivity contribution in [1.82, 2.24) is 10.3 Å². The molecular formula is C26H22F3N5O5. The van der Waals surface area contributed by atoms with E-state index in [2.05, 4.69) is 21.5 Å². The van der Waals surface area contributed by atoms with E-state index in [0.717, 1.165) is 16.7 Å². The topological polar surface area (TPSA) is 168 Å². The molecule has 3 aromatic rings. The molecule has 0 saturated carbocycles. The second-order valence-corrected chi connectivity index (χ2v) is 7.66. The fourth-order valence-corrected chi connectivity index (χ4v) is 3.21. The van der Waals surface area contributed by atoms with Gasteiger partial charge in [-0.3, -0.25) is 9.78 Å². The molecule has 202 valence electrons. The molecule has 1 aromatic heterocycles. The first-order chi connectivity index (χ1) is 18.5. The number of carboxylic acid groups (broad SMARTS) is 1. The summed E-state index contributed by atoms with van der Waals surface area (Å²) in [5, 5.41) is 22.6. The van der Waals surface area contributed by atoms with Gasteiger partial charge in [0, 0.05) is 18.2 Å². The first-order valence-electron chi connectivity index (χ1n) is 11.0. The van der Waals surface area contributed by atoms with Crippen molar-refractivity contribution in [2.45, 2.75) is 18.6 Å². The molecule has 13 heteroatoms. The van der Waals surface area contributed by atoms with Crippen LogP contribution >= 0.6 is 0 Å². The largest absolute Gasteiger partial charge is 0.490 e. The summed E-state index contributed by atoms with van der Waals surface area (Å²) in [6.45, 7) is 0. The Morgan fingerprint density at radius 1 is 1.18 bits per heavy atom. The average molecular weight is 541 g/mol. The summed E-state index contributed by atoms with van der Waals surface area (Å²) >= 11 is 0. The van der Waals surface area contributed by atoms with Gasteiger partial charge in [0.25, 0.3) is 5.91 Å². The lowest BCUT2D eigenvalue weighted by atomic mass is 9.99. The van der Waals surface area contributed by atoms with Crippen LogP contribution in [0.2, 0.25) is 0 Å². The number of nitriles is 1. The van der Waals surface area contributed by atoms with Gasteiger partial charge in [-0.05, 0) is 47.0 Å². The fraction of sp³-hybridized carbons (Fsp3) is 0.154. The number of nitrogens with two attached hydrogens (primary N) is 1. The number of pyridine rings is 1. The Morgan fingerprint density at radius 2 is 1.82 bits per heavy atom. The van der Waals surface area contributed by atoms with Crippen LogP contribution in [0, 0.1) is 11.3 Å². The van der Waals surface area contributed by atoms with Crippen LogP contribution in [0.4, 0.5) is 13.2 Å². The molecule has 4 N–H and O–H groups in total. The normalized spacial score (nSPS) is 11.5. The number of aliphatic carboxylic acids is 1. The van der Waals surface area contributed by atoms with Gasteiger partial charge in [-0.1, -0.05) is 30.3 Å². The third kappa shape index (κ3) is 8.97. The number of nitrogens with one attached hydrogen (secondary N) is 1. The molecule has 3 rings (SSSR count). The molecule has 39 heavy (non-hydrogen) atoms. The summed E-state index contributed by atoms with van der Waals surface area (Å²) in [6, 6.07) is 18.8. The van der Waals surface area contributed by atoms with Gasteiger partial charge in [-0.25, -0.2) is 9.59 Å². The summed E-state index contributed by atoms with van der Waals surface area (Å²) in [7, 11) is 1.27. The smallest absolute Gasteiger partial charge is 0.475 e. The van der Waals surface area contributed by atoms with Gasteiger partial charge >= 0.3 is 18.1 Å². The predicted octanol–water partition coefficient (Wildman–Crippen LogP) is 3.06. The molecule has 0 fully saturated rings. The number of methoxy groups -OCH3 is 1. The SMILES string of the molecule is COC(=O)C(Cc1ccnc(/C=N\N)c1)NC(=O)c1ccc(-c2ccccc2C#N)cc1.O=C(O)C(F)(F)F. The second kappa shape index (κ2) is 13.9. The molecule has 1 amide bonds. The number of carbonyl (C=O) groups is 3. The molecule has 0 aliphatic carbocycles. The van der Waals surface area contributed by atoms with Gasteiger partial charge in [0.1, 0.15) is 6.04 Å². The molecule has 2 aromatic carbocycles. The summed E-state index contributed by atoms with van der Waals surface area (Å²) in [5.74, 6) is 1.42. The van der Waals surface area contributed by atoms with E-state index < -0.39 is 30.1 Å². The summed E-state index contributed by atoms with van der Waals surface area (Å²) in [4.78, 5) is 38.1. The van der Waals surface area contributed by atoms with E-state index >= 15 is 0 Å². The van der Waals surface area contributed by atoms with Crippen LogP contribution in [0.15, 0.2) is 72.0 Å². The number of hydrogen-bond donors (Lipinski definition) is 3. The minimum atomic E-state index is -5.08. The third-order valence-corrected chi connectivity index (χ3v) is 5.03. The number of aromatic nitrogens is 1. The monoisotopic (exact) mass is 541 g/mol. The molecule has 1 heterocycles. The van der Waals surface area contributed by atoms with E-state index in [0.29, 0.717) is 16.8 Å². The second-order valence-electron chi connectivity index (χ2n) is 7.66. The number of amides is 1. The van der Waals surface area contributed by atoms with Crippen LogP contribution in [-0.4, -0.2) is 53.5 Å². The highest BCUT2D eigenvalue weighted by Gasteiger charge is 2.38. The number of ether oxygens (including phenoxy) is 1. The van der Waals surface area contributed by atoms with Crippen LogP contribution < -0.4 is 11.2 Å². The van der Waals surface area contributed by atoms with Gasteiger partial charge in [0.2, 0.25) is 0 Å². The van der Waals surface area contributed by atoms with Gasteiger partial charge < -0.3 is 21.0 Å². The lowest BCUT2D eigenvalue weighted by Gasteiger charge is -2.17. The van der Waals surface area contributed by atoms with Crippen LogP contribution in [0.25, 0.3) is 11.1 Å². The van der Waals surface area contributed by atoms with E-state index in [1.54, 1.807) is 54.7 Å². The van der Waals surface area contributed by atoms with Gasteiger partial charge in [-0.15, -0.1) is 0 Å². The predicted molar refractivity (Wildman–Crippen MR) is 133 cm³/mol. The molecule has 10 nitrogen and oxygen atoms in total. The first-order valence-corrected chi connectivity index (χ1v) is 11.0. The zero-order valence-electron chi connectivity index (χ0n) is 20.3. The number of hydrogen-bond acceptors (Lipinski definition) is 8. The van der Waals surface area contributed by atoms with Gasteiger partial charge in [-0.2, -0.15) is 23.5 Å². The quantitative estimate of drug-likeness (QED) is 0.178. The van der Waals surface area contributed by atoms with Crippen molar-refractivity contribution in [2.24, 2.45) is 10.9 Å². The Hall–Kier alpha value is -5.25. The van der Waals surface area contributed by atoms with Crippen molar-refractivity contribution in [3.05, 3.63) is 89.2 Å². The number of benzene rings is 2. The number of alkyl halides is 3. The molecule has 0 aliphatic heterocycles. The van der Waals surface area contributed by atoms with Crippen molar-refractivity contribution in [2.75, 3.05) is 7.11 Å². The summed E-state index contributed by atoms with van der Waals surface area (Å²) in [6.07, 6.45) is -1.92. The van der Waals surface area contributed by atoms with Crippen molar-refractivity contribution in [1.29, 1.82) is 5.26 Å². The minimum Gasteiger partial charge on any atom is -0.475 e. The van der Waals surface area contributed by atoms with Crippen molar-refractivity contribution in [3.63, 3.8) is 0 Å².